The van der Waals surface area contributed by atoms with Crippen molar-refractivity contribution in [2.75, 3.05) is 0 Å². The summed E-state index contributed by atoms with van der Waals surface area (Å²) in [4.78, 5) is 4.34. The third-order valence-electron chi connectivity index (χ3n) is 3.51. The van der Waals surface area contributed by atoms with Gasteiger partial charge in [0, 0.05) is 22.8 Å². The lowest BCUT2D eigenvalue weighted by Gasteiger charge is -2.32. The minimum absolute atomic E-state index is 0.138. The smallest absolute Gasteiger partial charge is 0.0410 e. The van der Waals surface area contributed by atoms with Crippen molar-refractivity contribution in [3.8, 4) is 0 Å². The highest BCUT2D eigenvalue weighted by Crippen LogP contribution is 2.55. The van der Waals surface area contributed by atoms with Gasteiger partial charge in [0.15, 0.2) is 0 Å². The standard InChI is InChI=1S/C12H18N2/c1-9-10(5-4-8-14-9)12(6-7-12)11(2,3)13/h4-5,8H,6-7,13H2,1-3H3. The predicted octanol–water partition coefficient (Wildman–Crippen LogP) is 2.16. The van der Waals surface area contributed by atoms with Crippen molar-refractivity contribution in [1.29, 1.82) is 0 Å². The van der Waals surface area contributed by atoms with Crippen LogP contribution in [-0.2, 0) is 5.41 Å². The van der Waals surface area contributed by atoms with E-state index < -0.39 is 0 Å². The van der Waals surface area contributed by atoms with Crippen LogP contribution in [0.25, 0.3) is 0 Å². The SMILES string of the molecule is Cc1ncccc1C1(C(C)(C)N)CC1. The summed E-state index contributed by atoms with van der Waals surface area (Å²) in [5, 5.41) is 0. The van der Waals surface area contributed by atoms with Gasteiger partial charge in [0.2, 0.25) is 0 Å². The van der Waals surface area contributed by atoms with Crippen molar-refractivity contribution >= 4 is 0 Å². The molecule has 1 aliphatic carbocycles. The molecule has 1 aliphatic rings. The van der Waals surface area contributed by atoms with E-state index in [0.29, 0.717) is 0 Å². The molecule has 0 bridgehead atoms. The van der Waals surface area contributed by atoms with Gasteiger partial charge in [-0.2, -0.15) is 0 Å². The van der Waals surface area contributed by atoms with Gasteiger partial charge in [0.05, 0.1) is 0 Å². The maximum absolute atomic E-state index is 6.25. The Kier molecular flexibility index (Phi) is 1.93. The summed E-state index contributed by atoms with van der Waals surface area (Å²) in [7, 11) is 0. The molecular weight excluding hydrogens is 172 g/mol. The molecule has 1 aromatic heterocycles. The number of rotatable bonds is 2. The summed E-state index contributed by atoms with van der Waals surface area (Å²) in [6, 6.07) is 4.18. The van der Waals surface area contributed by atoms with Gasteiger partial charge in [-0.05, 0) is 45.2 Å². The van der Waals surface area contributed by atoms with E-state index in [4.69, 9.17) is 5.73 Å². The van der Waals surface area contributed by atoms with Crippen LogP contribution >= 0.6 is 0 Å². The first-order valence-corrected chi connectivity index (χ1v) is 5.18. The molecule has 1 heterocycles. The predicted molar refractivity (Wildman–Crippen MR) is 58.2 cm³/mol. The topological polar surface area (TPSA) is 38.9 Å². The maximum atomic E-state index is 6.25. The molecule has 2 nitrogen and oxygen atoms in total. The van der Waals surface area contributed by atoms with Crippen molar-refractivity contribution in [2.24, 2.45) is 5.73 Å². The fraction of sp³-hybridized carbons (Fsp3) is 0.583. The van der Waals surface area contributed by atoms with Crippen LogP contribution in [-0.4, -0.2) is 10.5 Å². The second kappa shape index (κ2) is 2.80. The molecular formula is C12H18N2. The number of nitrogens with zero attached hydrogens (tertiary/aromatic N) is 1. The fourth-order valence-electron chi connectivity index (χ4n) is 2.38. The highest BCUT2D eigenvalue weighted by Gasteiger charge is 2.54. The lowest BCUT2D eigenvalue weighted by molar-refractivity contribution is 0.389. The highest BCUT2D eigenvalue weighted by molar-refractivity contribution is 5.38. The minimum Gasteiger partial charge on any atom is -0.325 e. The van der Waals surface area contributed by atoms with Gasteiger partial charge in [-0.3, -0.25) is 4.98 Å². The van der Waals surface area contributed by atoms with E-state index in [-0.39, 0.29) is 11.0 Å². The van der Waals surface area contributed by atoms with Crippen LogP contribution in [0, 0.1) is 6.92 Å². The van der Waals surface area contributed by atoms with E-state index >= 15 is 0 Å². The van der Waals surface area contributed by atoms with Crippen molar-refractivity contribution in [3.05, 3.63) is 29.6 Å². The Bertz CT molecular complexity index is 346. The van der Waals surface area contributed by atoms with E-state index in [0.717, 1.165) is 5.69 Å². The van der Waals surface area contributed by atoms with Gasteiger partial charge in [0.25, 0.3) is 0 Å². The Morgan fingerprint density at radius 1 is 1.43 bits per heavy atom. The van der Waals surface area contributed by atoms with Crippen LogP contribution < -0.4 is 5.73 Å². The summed E-state index contributed by atoms with van der Waals surface area (Å²) in [6.45, 7) is 6.31. The van der Waals surface area contributed by atoms with Crippen LogP contribution in [0.4, 0.5) is 0 Å². The Morgan fingerprint density at radius 2 is 2.07 bits per heavy atom. The van der Waals surface area contributed by atoms with Crippen molar-refractivity contribution in [2.45, 2.75) is 44.6 Å². The molecule has 0 aromatic carbocycles. The average molecular weight is 190 g/mol. The zero-order valence-electron chi connectivity index (χ0n) is 9.17. The molecule has 0 unspecified atom stereocenters. The second-order valence-corrected chi connectivity index (χ2v) is 4.94. The second-order valence-electron chi connectivity index (χ2n) is 4.94. The molecule has 0 atom stereocenters. The third-order valence-corrected chi connectivity index (χ3v) is 3.51. The van der Waals surface area contributed by atoms with Crippen LogP contribution in [0.3, 0.4) is 0 Å². The van der Waals surface area contributed by atoms with E-state index in [1.54, 1.807) is 0 Å². The summed E-state index contributed by atoms with van der Waals surface area (Å²) in [6.07, 6.45) is 4.24. The van der Waals surface area contributed by atoms with Crippen LogP contribution in [0.5, 0.6) is 0 Å². The molecule has 2 N–H and O–H groups in total. The Morgan fingerprint density at radius 3 is 2.50 bits per heavy atom. The average Bonchev–Trinajstić information content (AvgIpc) is 2.84. The summed E-state index contributed by atoms with van der Waals surface area (Å²) >= 11 is 0. The number of nitrogens with two attached hydrogens (primary N) is 1. The van der Waals surface area contributed by atoms with Crippen LogP contribution in [0.1, 0.15) is 37.9 Å². The summed E-state index contributed by atoms with van der Waals surface area (Å²) < 4.78 is 0. The van der Waals surface area contributed by atoms with Crippen molar-refractivity contribution in [1.82, 2.24) is 4.98 Å². The first-order chi connectivity index (χ1) is 6.47. The number of aryl methyl sites for hydroxylation is 1. The Labute approximate surface area is 85.5 Å². The number of hydrogen-bond donors (Lipinski definition) is 1. The minimum atomic E-state index is -0.138. The highest BCUT2D eigenvalue weighted by atomic mass is 14.8. The molecule has 1 fully saturated rings. The Hall–Kier alpha value is -0.890. The molecule has 1 saturated carbocycles. The number of pyridine rings is 1. The van der Waals surface area contributed by atoms with E-state index in [2.05, 4.69) is 31.8 Å². The number of hydrogen-bond acceptors (Lipinski definition) is 2. The third kappa shape index (κ3) is 1.25. The zero-order chi connectivity index (χ0) is 10.4. The van der Waals surface area contributed by atoms with E-state index in [1.807, 2.05) is 12.3 Å². The maximum Gasteiger partial charge on any atom is 0.0410 e. The van der Waals surface area contributed by atoms with E-state index in [1.165, 1.54) is 18.4 Å². The number of aromatic nitrogens is 1. The molecule has 0 saturated heterocycles. The molecule has 0 aliphatic heterocycles. The first-order valence-electron chi connectivity index (χ1n) is 5.18. The molecule has 2 rings (SSSR count). The van der Waals surface area contributed by atoms with Crippen LogP contribution in [0.2, 0.25) is 0 Å². The zero-order valence-corrected chi connectivity index (χ0v) is 9.17. The Balaban J connectivity index is 2.46. The molecule has 76 valence electrons. The quantitative estimate of drug-likeness (QED) is 0.776. The van der Waals surface area contributed by atoms with Gasteiger partial charge in [-0.15, -0.1) is 0 Å². The molecule has 0 amide bonds. The lowest BCUT2D eigenvalue weighted by Crippen LogP contribution is -2.45. The summed E-state index contributed by atoms with van der Waals surface area (Å²) in [5.41, 5.74) is 8.77. The fourth-order valence-corrected chi connectivity index (χ4v) is 2.38. The molecule has 2 heteroatoms. The van der Waals surface area contributed by atoms with Gasteiger partial charge in [-0.25, -0.2) is 0 Å². The largest absolute Gasteiger partial charge is 0.325 e. The van der Waals surface area contributed by atoms with Crippen LogP contribution in [0.15, 0.2) is 18.3 Å². The molecule has 0 radical (unpaired) electrons. The monoisotopic (exact) mass is 190 g/mol. The molecule has 0 spiro atoms. The van der Waals surface area contributed by atoms with Crippen molar-refractivity contribution in [3.63, 3.8) is 0 Å². The first kappa shape index (κ1) is 9.66. The molecule has 14 heavy (non-hydrogen) atoms. The van der Waals surface area contributed by atoms with Gasteiger partial charge in [-0.1, -0.05) is 6.07 Å². The summed E-state index contributed by atoms with van der Waals surface area (Å²) in [5.74, 6) is 0. The molecule has 1 aromatic rings. The van der Waals surface area contributed by atoms with E-state index in [9.17, 15) is 0 Å². The van der Waals surface area contributed by atoms with Crippen molar-refractivity contribution < 1.29 is 0 Å². The van der Waals surface area contributed by atoms with Gasteiger partial charge >= 0.3 is 0 Å². The lowest BCUT2D eigenvalue weighted by atomic mass is 9.79. The normalized spacial score (nSPS) is 19.4. The van der Waals surface area contributed by atoms with Gasteiger partial charge < -0.3 is 5.73 Å². The van der Waals surface area contributed by atoms with Gasteiger partial charge in [0.1, 0.15) is 0 Å².